The van der Waals surface area contributed by atoms with E-state index in [2.05, 4.69) is 57.8 Å². The van der Waals surface area contributed by atoms with Crippen LogP contribution in [0.15, 0.2) is 27.7 Å². The van der Waals surface area contributed by atoms with Crippen LogP contribution in [0.5, 0.6) is 0 Å². The number of nitrogens with zero attached hydrogens (tertiary/aromatic N) is 3. The fourth-order valence-corrected chi connectivity index (χ4v) is 10.8. The van der Waals surface area contributed by atoms with Crippen LogP contribution in [0.1, 0.15) is 119 Å². The lowest BCUT2D eigenvalue weighted by molar-refractivity contribution is -0.161. The lowest BCUT2D eigenvalue weighted by Crippen LogP contribution is -2.65. The number of allylic oxidation sites excluding steroid dienone is 4. The van der Waals surface area contributed by atoms with Gasteiger partial charge in [0.2, 0.25) is 11.8 Å². The van der Waals surface area contributed by atoms with E-state index in [9.17, 15) is 14.9 Å². The third-order valence-electron chi connectivity index (χ3n) is 13.2. The van der Waals surface area contributed by atoms with Gasteiger partial charge in [-0.05, 0) is 85.5 Å². The molecule has 6 heteroatoms. The van der Waals surface area contributed by atoms with Gasteiger partial charge >= 0.3 is 0 Å². The maximum absolute atomic E-state index is 14.7. The molecule has 0 saturated heterocycles. The van der Waals surface area contributed by atoms with Crippen molar-refractivity contribution in [2.75, 3.05) is 0 Å². The Bertz CT molecular complexity index is 1420. The molecule has 0 amide bonds. The van der Waals surface area contributed by atoms with E-state index < -0.39 is 10.8 Å². The largest absolute Gasteiger partial charge is 0.425 e. The molecule has 1 aromatic heterocycles. The van der Waals surface area contributed by atoms with Crippen molar-refractivity contribution in [2.45, 2.75) is 119 Å². The third-order valence-corrected chi connectivity index (χ3v) is 13.2. The van der Waals surface area contributed by atoms with Gasteiger partial charge in [0, 0.05) is 23.2 Å². The molecule has 220 valence electrons. The molecular weight excluding hydrogens is 510 g/mol. The van der Waals surface area contributed by atoms with E-state index >= 15 is 0 Å². The number of carbonyl (C=O) groups is 2. The van der Waals surface area contributed by atoms with Gasteiger partial charge in [0.25, 0.3) is 0 Å². The van der Waals surface area contributed by atoms with Gasteiger partial charge in [0.15, 0.2) is 11.6 Å². The lowest BCUT2D eigenvalue weighted by atomic mass is 9.34. The van der Waals surface area contributed by atoms with Gasteiger partial charge in [-0.15, -0.1) is 10.2 Å². The Morgan fingerprint density at radius 2 is 1.71 bits per heavy atom. The number of Topliss-reactive ketones (excluding diaryl/α,β-unsaturated/α-hetero) is 1. The number of nitriles is 1. The standard InChI is InChI=1S/C35H47N3O3/c1-9-10-26-37-38-29(41-26)35-15-13-30(2,3)19-22(35)27-23(39)17-25-32(6)18-21(20-36)28(40)31(4,5)24(32)11-12-33(25,7)34(27,8)14-16-35/h17-18,22,24,27H,9-16,19H2,1-8H3/t22?,24-,27?,32-,33+,34+,35-/m0/s1. The van der Waals surface area contributed by atoms with Crippen molar-refractivity contribution in [3.63, 3.8) is 0 Å². The molecule has 7 atom stereocenters. The number of hydrogen-bond acceptors (Lipinski definition) is 6. The van der Waals surface area contributed by atoms with Gasteiger partial charge in [0.1, 0.15) is 6.07 Å². The minimum atomic E-state index is -0.652. The fraction of sp³-hybridized carbons (Fsp3) is 0.743. The van der Waals surface area contributed by atoms with Crippen molar-refractivity contribution in [1.29, 1.82) is 5.26 Å². The van der Waals surface area contributed by atoms with E-state index in [-0.39, 0.29) is 56.6 Å². The maximum atomic E-state index is 14.7. The average Bonchev–Trinajstić information content (AvgIpc) is 3.37. The van der Waals surface area contributed by atoms with Crippen LogP contribution in [0.2, 0.25) is 0 Å². The van der Waals surface area contributed by atoms with E-state index in [4.69, 9.17) is 4.42 Å². The number of rotatable bonds is 3. The molecule has 1 heterocycles. The molecule has 2 unspecified atom stereocenters. The number of hydrogen-bond donors (Lipinski definition) is 0. The van der Waals surface area contributed by atoms with Gasteiger partial charge in [0.05, 0.1) is 11.0 Å². The van der Waals surface area contributed by atoms with Gasteiger partial charge in [-0.25, -0.2) is 0 Å². The minimum Gasteiger partial charge on any atom is -0.425 e. The minimum absolute atomic E-state index is 0.0542. The Kier molecular flexibility index (Phi) is 6.09. The van der Waals surface area contributed by atoms with Crippen LogP contribution in [-0.2, 0) is 21.4 Å². The van der Waals surface area contributed by atoms with Crippen LogP contribution in [0, 0.1) is 56.2 Å². The van der Waals surface area contributed by atoms with Crippen LogP contribution in [0.4, 0.5) is 0 Å². The zero-order chi connectivity index (χ0) is 29.8. The molecule has 6 rings (SSSR count). The Balaban J connectivity index is 1.51. The summed E-state index contributed by atoms with van der Waals surface area (Å²) in [6, 6.07) is 2.21. The first-order valence-corrected chi connectivity index (χ1v) is 15.9. The molecule has 0 aromatic carbocycles. The Morgan fingerprint density at radius 1 is 1.00 bits per heavy atom. The summed E-state index contributed by atoms with van der Waals surface area (Å²) in [5.74, 6) is 1.65. The molecule has 0 N–H and O–H groups in total. The van der Waals surface area contributed by atoms with Crippen LogP contribution < -0.4 is 0 Å². The van der Waals surface area contributed by atoms with E-state index in [0.29, 0.717) is 5.89 Å². The molecule has 0 bridgehead atoms. The van der Waals surface area contributed by atoms with Crippen molar-refractivity contribution in [3.8, 4) is 6.07 Å². The second-order valence-electron chi connectivity index (χ2n) is 16.2. The summed E-state index contributed by atoms with van der Waals surface area (Å²) in [7, 11) is 0. The van der Waals surface area contributed by atoms with Gasteiger partial charge in [-0.3, -0.25) is 9.59 Å². The van der Waals surface area contributed by atoms with Crippen molar-refractivity contribution < 1.29 is 14.0 Å². The first kappa shape index (κ1) is 28.6. The third kappa shape index (κ3) is 3.59. The molecule has 5 aliphatic carbocycles. The highest BCUT2D eigenvalue weighted by Crippen LogP contribution is 2.74. The zero-order valence-electron chi connectivity index (χ0n) is 26.3. The van der Waals surface area contributed by atoms with Crippen LogP contribution in [-0.4, -0.2) is 21.8 Å². The predicted octanol–water partition coefficient (Wildman–Crippen LogP) is 7.49. The van der Waals surface area contributed by atoms with E-state index in [1.54, 1.807) is 0 Å². The first-order valence-electron chi connectivity index (χ1n) is 15.9. The fourth-order valence-electron chi connectivity index (χ4n) is 10.8. The van der Waals surface area contributed by atoms with E-state index in [0.717, 1.165) is 69.3 Å². The second kappa shape index (κ2) is 8.74. The van der Waals surface area contributed by atoms with Gasteiger partial charge in [-0.1, -0.05) is 67.0 Å². The monoisotopic (exact) mass is 557 g/mol. The predicted molar refractivity (Wildman–Crippen MR) is 156 cm³/mol. The molecule has 3 saturated carbocycles. The topological polar surface area (TPSA) is 96.9 Å². The van der Waals surface area contributed by atoms with Crippen LogP contribution >= 0.6 is 0 Å². The molecular formula is C35H47N3O3. The van der Waals surface area contributed by atoms with Crippen molar-refractivity contribution in [3.05, 3.63) is 35.1 Å². The Morgan fingerprint density at radius 3 is 2.39 bits per heavy atom. The number of carbonyl (C=O) groups excluding carboxylic acids is 2. The summed E-state index contributed by atoms with van der Waals surface area (Å²) >= 11 is 0. The summed E-state index contributed by atoms with van der Waals surface area (Å²) in [6.07, 6.45) is 12.3. The summed E-state index contributed by atoms with van der Waals surface area (Å²) in [6.45, 7) is 17.8. The Hall–Kier alpha value is -2.55. The van der Waals surface area contributed by atoms with E-state index in [1.165, 1.54) is 0 Å². The van der Waals surface area contributed by atoms with Crippen LogP contribution in [0.25, 0.3) is 0 Å². The quantitative estimate of drug-likeness (QED) is 0.382. The van der Waals surface area contributed by atoms with Crippen molar-refractivity contribution >= 4 is 11.6 Å². The molecule has 41 heavy (non-hydrogen) atoms. The summed E-state index contributed by atoms with van der Waals surface area (Å²) < 4.78 is 6.40. The highest BCUT2D eigenvalue weighted by atomic mass is 16.4. The number of fused-ring (bicyclic) bond motifs is 7. The number of aromatic nitrogens is 2. The number of ketones is 2. The smallest absolute Gasteiger partial charge is 0.222 e. The van der Waals surface area contributed by atoms with Gasteiger partial charge in [-0.2, -0.15) is 5.26 Å². The molecule has 5 aliphatic rings. The van der Waals surface area contributed by atoms with Gasteiger partial charge < -0.3 is 4.42 Å². The van der Waals surface area contributed by atoms with Crippen molar-refractivity contribution in [1.82, 2.24) is 10.2 Å². The summed E-state index contributed by atoms with van der Waals surface area (Å²) in [4.78, 5) is 28.0. The molecule has 0 spiro atoms. The first-order chi connectivity index (χ1) is 19.1. The molecule has 1 aromatic rings. The SMILES string of the molecule is CCCc1nnc([C@]23CCC(C)(C)CC2C2C(=O)C=C4[C@@]5(C)C=C(C#N)C(=O)C(C)(C)[C@@H]5CC[C@@]4(C)[C@]2(C)CC3)o1. The molecule has 0 aliphatic heterocycles. The Labute approximate surface area is 245 Å². The lowest BCUT2D eigenvalue weighted by Gasteiger charge is -2.68. The van der Waals surface area contributed by atoms with E-state index in [1.807, 2.05) is 26.0 Å². The zero-order valence-corrected chi connectivity index (χ0v) is 26.3. The number of aryl methyl sites for hydroxylation is 1. The second-order valence-corrected chi connectivity index (χ2v) is 16.2. The summed E-state index contributed by atoms with van der Waals surface area (Å²) in [5, 5.41) is 19.0. The van der Waals surface area contributed by atoms with Crippen molar-refractivity contribution in [2.24, 2.45) is 44.8 Å². The normalized spacial score (nSPS) is 42.6. The summed E-state index contributed by atoms with van der Waals surface area (Å²) in [5.41, 5.74) is -0.390. The van der Waals surface area contributed by atoms with Crippen LogP contribution in [0.3, 0.4) is 0 Å². The molecule has 6 nitrogen and oxygen atoms in total. The highest BCUT2D eigenvalue weighted by Gasteiger charge is 2.70. The molecule has 3 fully saturated rings. The average molecular weight is 558 g/mol. The highest BCUT2D eigenvalue weighted by molar-refractivity contribution is 6.04. The molecule has 0 radical (unpaired) electrons. The maximum Gasteiger partial charge on any atom is 0.222 e.